The second-order valence-electron chi connectivity index (χ2n) is 5.46. The summed E-state index contributed by atoms with van der Waals surface area (Å²) in [6.45, 7) is 0. The van der Waals surface area contributed by atoms with Gasteiger partial charge in [0.15, 0.2) is 9.84 Å². The van der Waals surface area contributed by atoms with Gasteiger partial charge >= 0.3 is 0 Å². The summed E-state index contributed by atoms with van der Waals surface area (Å²) >= 11 is 5.88. The molecule has 0 unspecified atom stereocenters. The first kappa shape index (κ1) is 17.5. The molecule has 7 heteroatoms. The van der Waals surface area contributed by atoms with Gasteiger partial charge in [0.1, 0.15) is 16.5 Å². The van der Waals surface area contributed by atoms with Gasteiger partial charge in [-0.3, -0.25) is 4.98 Å². The van der Waals surface area contributed by atoms with Crippen molar-refractivity contribution in [3.05, 3.63) is 71.5 Å². The third-order valence-electron chi connectivity index (χ3n) is 3.69. The number of pyridine rings is 1. The van der Waals surface area contributed by atoms with E-state index in [9.17, 15) is 17.2 Å². The van der Waals surface area contributed by atoms with E-state index in [0.29, 0.717) is 22.2 Å². The maximum absolute atomic E-state index is 14.5. The molecule has 0 radical (unpaired) electrons. The first-order chi connectivity index (χ1) is 11.8. The van der Waals surface area contributed by atoms with Gasteiger partial charge in [-0.05, 0) is 41.5 Å². The van der Waals surface area contributed by atoms with Crippen LogP contribution in [0.25, 0.3) is 22.3 Å². The third-order valence-corrected chi connectivity index (χ3v) is 5.05. The molecule has 0 fully saturated rings. The largest absolute Gasteiger partial charge is 0.264 e. The molecule has 3 nitrogen and oxygen atoms in total. The molecule has 0 aliphatic heterocycles. The fraction of sp³-hybridized carbons (Fsp3) is 0.0556. The molecule has 0 N–H and O–H groups in total. The third kappa shape index (κ3) is 3.55. The van der Waals surface area contributed by atoms with Crippen molar-refractivity contribution in [3.8, 4) is 22.3 Å². The average molecular weight is 380 g/mol. The molecular formula is C18H12ClF2NO2S. The van der Waals surface area contributed by atoms with Crippen molar-refractivity contribution < 1.29 is 17.2 Å². The topological polar surface area (TPSA) is 47.0 Å². The summed E-state index contributed by atoms with van der Waals surface area (Å²) in [5.41, 5.74) is 1.65. The Balaban J connectivity index is 2.22. The van der Waals surface area contributed by atoms with Crippen molar-refractivity contribution in [3.63, 3.8) is 0 Å². The van der Waals surface area contributed by atoms with Crippen LogP contribution >= 0.6 is 11.6 Å². The summed E-state index contributed by atoms with van der Waals surface area (Å²) in [6.07, 6.45) is 3.77. The van der Waals surface area contributed by atoms with Crippen LogP contribution in [0.2, 0.25) is 5.02 Å². The van der Waals surface area contributed by atoms with Crippen LogP contribution in [0.4, 0.5) is 8.78 Å². The molecule has 0 saturated carbocycles. The number of benzene rings is 2. The average Bonchev–Trinajstić information content (AvgIpc) is 2.56. The van der Waals surface area contributed by atoms with Gasteiger partial charge < -0.3 is 0 Å². The zero-order chi connectivity index (χ0) is 18.2. The fourth-order valence-electron chi connectivity index (χ4n) is 2.51. The number of hydrogen-bond donors (Lipinski definition) is 0. The molecule has 2 aromatic carbocycles. The van der Waals surface area contributed by atoms with Gasteiger partial charge in [-0.25, -0.2) is 17.2 Å². The van der Waals surface area contributed by atoms with Crippen LogP contribution in [-0.4, -0.2) is 19.7 Å². The van der Waals surface area contributed by atoms with Crippen LogP contribution < -0.4 is 0 Å². The second-order valence-corrected chi connectivity index (χ2v) is 7.88. The standard InChI is InChI=1S/C18H12ClF2NO2S/c1-25(23,24)18-9-16(20)14(8-17(18)21)15-10-22-7-6-13(15)11-2-4-12(19)5-3-11/h2-10H,1H3. The molecule has 3 rings (SSSR count). The van der Waals surface area contributed by atoms with Gasteiger partial charge in [-0.15, -0.1) is 0 Å². The smallest absolute Gasteiger partial charge is 0.178 e. The molecule has 0 amide bonds. The summed E-state index contributed by atoms with van der Waals surface area (Å²) < 4.78 is 51.8. The Morgan fingerprint density at radius 1 is 0.920 bits per heavy atom. The van der Waals surface area contributed by atoms with Gasteiger partial charge in [0.2, 0.25) is 0 Å². The first-order valence-electron chi connectivity index (χ1n) is 7.17. The maximum Gasteiger partial charge on any atom is 0.178 e. The number of sulfone groups is 1. The van der Waals surface area contributed by atoms with E-state index in [2.05, 4.69) is 4.98 Å². The molecule has 3 aromatic rings. The van der Waals surface area contributed by atoms with Gasteiger partial charge in [0.25, 0.3) is 0 Å². The molecule has 0 saturated heterocycles. The zero-order valence-electron chi connectivity index (χ0n) is 13.0. The predicted molar refractivity (Wildman–Crippen MR) is 93.1 cm³/mol. The van der Waals surface area contributed by atoms with E-state index in [4.69, 9.17) is 11.6 Å². The number of aromatic nitrogens is 1. The van der Waals surface area contributed by atoms with Crippen molar-refractivity contribution in [1.82, 2.24) is 4.98 Å². The van der Waals surface area contributed by atoms with E-state index in [1.165, 1.54) is 12.4 Å². The lowest BCUT2D eigenvalue weighted by Crippen LogP contribution is -2.03. The summed E-state index contributed by atoms with van der Waals surface area (Å²) in [6, 6.07) is 10.1. The van der Waals surface area contributed by atoms with Crippen LogP contribution in [0.15, 0.2) is 59.8 Å². The van der Waals surface area contributed by atoms with Crippen LogP contribution in [0.5, 0.6) is 0 Å². The van der Waals surface area contributed by atoms with E-state index in [-0.39, 0.29) is 5.56 Å². The molecule has 0 aliphatic rings. The Morgan fingerprint density at radius 3 is 2.24 bits per heavy atom. The molecule has 0 aliphatic carbocycles. The first-order valence-corrected chi connectivity index (χ1v) is 9.44. The second kappa shape index (κ2) is 6.54. The molecule has 128 valence electrons. The summed E-state index contributed by atoms with van der Waals surface area (Å²) in [4.78, 5) is 3.30. The van der Waals surface area contributed by atoms with E-state index in [1.807, 2.05) is 0 Å². The Morgan fingerprint density at radius 2 is 1.60 bits per heavy atom. The van der Waals surface area contributed by atoms with Crippen LogP contribution in [0.1, 0.15) is 0 Å². The molecular weight excluding hydrogens is 368 g/mol. The van der Waals surface area contributed by atoms with E-state index < -0.39 is 26.4 Å². The minimum atomic E-state index is -3.87. The highest BCUT2D eigenvalue weighted by atomic mass is 35.5. The number of nitrogens with zero attached hydrogens (tertiary/aromatic N) is 1. The van der Waals surface area contributed by atoms with Crippen molar-refractivity contribution >= 4 is 21.4 Å². The Bertz CT molecular complexity index is 1050. The molecule has 1 heterocycles. The van der Waals surface area contributed by atoms with Crippen molar-refractivity contribution in [2.45, 2.75) is 4.90 Å². The van der Waals surface area contributed by atoms with Crippen LogP contribution in [-0.2, 0) is 9.84 Å². The highest BCUT2D eigenvalue weighted by Crippen LogP contribution is 2.35. The summed E-state index contributed by atoms with van der Waals surface area (Å²) in [5, 5.41) is 0.550. The van der Waals surface area contributed by atoms with Gasteiger partial charge in [-0.2, -0.15) is 0 Å². The molecule has 25 heavy (non-hydrogen) atoms. The van der Waals surface area contributed by atoms with Gasteiger partial charge in [-0.1, -0.05) is 23.7 Å². The Hall–Kier alpha value is -2.31. The van der Waals surface area contributed by atoms with Crippen molar-refractivity contribution in [1.29, 1.82) is 0 Å². The Kier molecular flexibility index (Phi) is 4.58. The van der Waals surface area contributed by atoms with E-state index in [1.54, 1.807) is 30.3 Å². The monoisotopic (exact) mass is 379 g/mol. The lowest BCUT2D eigenvalue weighted by atomic mass is 9.96. The number of rotatable bonds is 3. The zero-order valence-corrected chi connectivity index (χ0v) is 14.6. The summed E-state index contributed by atoms with van der Waals surface area (Å²) in [7, 11) is -3.87. The van der Waals surface area contributed by atoms with Gasteiger partial charge in [0.05, 0.1) is 0 Å². The molecule has 0 spiro atoms. The predicted octanol–water partition coefficient (Wildman–Crippen LogP) is 4.75. The minimum absolute atomic E-state index is 0.0667. The normalized spacial score (nSPS) is 11.5. The molecule has 1 aromatic heterocycles. The van der Waals surface area contributed by atoms with E-state index >= 15 is 0 Å². The highest BCUT2D eigenvalue weighted by Gasteiger charge is 2.20. The minimum Gasteiger partial charge on any atom is -0.264 e. The van der Waals surface area contributed by atoms with Crippen LogP contribution in [0.3, 0.4) is 0 Å². The Labute approximate surface area is 148 Å². The van der Waals surface area contributed by atoms with E-state index in [0.717, 1.165) is 17.9 Å². The number of hydrogen-bond acceptors (Lipinski definition) is 3. The lowest BCUT2D eigenvalue weighted by molar-refractivity contribution is 0.557. The highest BCUT2D eigenvalue weighted by molar-refractivity contribution is 7.90. The fourth-order valence-corrected chi connectivity index (χ4v) is 3.37. The van der Waals surface area contributed by atoms with Crippen molar-refractivity contribution in [2.75, 3.05) is 6.26 Å². The van der Waals surface area contributed by atoms with Gasteiger partial charge in [0, 0.05) is 34.8 Å². The molecule has 0 atom stereocenters. The quantitative estimate of drug-likeness (QED) is 0.659. The maximum atomic E-state index is 14.5. The molecule has 0 bridgehead atoms. The van der Waals surface area contributed by atoms with Crippen molar-refractivity contribution in [2.24, 2.45) is 0 Å². The SMILES string of the molecule is CS(=O)(=O)c1cc(F)c(-c2cnccc2-c2ccc(Cl)cc2)cc1F. The number of halogens is 3. The summed E-state index contributed by atoms with van der Waals surface area (Å²) in [5.74, 6) is -1.85. The lowest BCUT2D eigenvalue weighted by Gasteiger charge is -2.12. The van der Waals surface area contributed by atoms with Crippen LogP contribution in [0, 0.1) is 11.6 Å².